The van der Waals surface area contributed by atoms with Gasteiger partial charge in [0.05, 0.1) is 6.61 Å². The van der Waals surface area contributed by atoms with Crippen molar-refractivity contribution in [3.8, 4) is 0 Å². The predicted molar refractivity (Wildman–Crippen MR) is 69.6 cm³/mol. The molecule has 1 aromatic carbocycles. The third kappa shape index (κ3) is 2.58. The quantitative estimate of drug-likeness (QED) is 0.877. The van der Waals surface area contributed by atoms with E-state index in [-0.39, 0.29) is 11.4 Å². The van der Waals surface area contributed by atoms with Gasteiger partial charge in [-0.3, -0.25) is 9.79 Å². The number of amides is 1. The number of hydrogen-bond donors (Lipinski definition) is 2. The number of carbonyl (C=O) groups excluding carboxylic acids is 1. The molecule has 0 unspecified atom stereocenters. The van der Waals surface area contributed by atoms with Crippen molar-refractivity contribution in [2.45, 2.75) is 25.0 Å². The van der Waals surface area contributed by atoms with Gasteiger partial charge in [-0.2, -0.15) is 0 Å². The molecule has 1 amide bonds. The molecule has 0 saturated heterocycles. The molecular formula is C13H14F3N3O2. The van der Waals surface area contributed by atoms with Gasteiger partial charge < -0.3 is 16.2 Å². The lowest BCUT2D eigenvalue weighted by Crippen LogP contribution is -2.48. The first-order valence-corrected chi connectivity index (χ1v) is 6.12. The first-order chi connectivity index (χ1) is 9.78. The third-order valence-electron chi connectivity index (χ3n) is 3.38. The molecule has 0 aliphatic carbocycles. The highest BCUT2D eigenvalue weighted by atomic mass is 19.3. The van der Waals surface area contributed by atoms with Gasteiger partial charge in [-0.15, -0.1) is 0 Å². The van der Waals surface area contributed by atoms with Gasteiger partial charge in [0.25, 0.3) is 6.43 Å². The molecule has 2 atom stereocenters. The van der Waals surface area contributed by atoms with E-state index in [0.29, 0.717) is 0 Å². The highest BCUT2D eigenvalue weighted by Gasteiger charge is 2.47. The summed E-state index contributed by atoms with van der Waals surface area (Å²) in [5.74, 6) is -1.96. The molecule has 0 saturated carbocycles. The van der Waals surface area contributed by atoms with Crippen LogP contribution in [0.25, 0.3) is 0 Å². The van der Waals surface area contributed by atoms with Gasteiger partial charge in [-0.25, -0.2) is 13.2 Å². The summed E-state index contributed by atoms with van der Waals surface area (Å²) < 4.78 is 46.3. The van der Waals surface area contributed by atoms with E-state index >= 15 is 0 Å². The molecule has 0 fully saturated rings. The molecule has 8 heteroatoms. The van der Waals surface area contributed by atoms with Crippen molar-refractivity contribution >= 4 is 11.7 Å². The van der Waals surface area contributed by atoms with Crippen molar-refractivity contribution in [3.63, 3.8) is 0 Å². The molecule has 114 valence electrons. The molecule has 21 heavy (non-hydrogen) atoms. The zero-order valence-corrected chi connectivity index (χ0v) is 11.1. The smallest absolute Gasteiger partial charge is 0.269 e. The SMILES string of the molecule is C[C@H]1OC[C@@](c2cc(C(N)=O)ccc2F)(C(F)F)N=C1N. The van der Waals surface area contributed by atoms with Gasteiger partial charge >= 0.3 is 0 Å². The van der Waals surface area contributed by atoms with Gasteiger partial charge in [-0.05, 0) is 25.1 Å². The normalized spacial score (nSPS) is 25.8. The molecular weight excluding hydrogens is 287 g/mol. The number of aliphatic imine (C=N–C) groups is 1. The zero-order chi connectivity index (χ0) is 15.8. The van der Waals surface area contributed by atoms with Crippen LogP contribution in [0.4, 0.5) is 13.2 Å². The maximum atomic E-state index is 14.0. The zero-order valence-electron chi connectivity index (χ0n) is 11.1. The number of alkyl halides is 2. The summed E-state index contributed by atoms with van der Waals surface area (Å²) in [6, 6.07) is 2.96. The number of hydrogen-bond acceptors (Lipinski definition) is 4. The summed E-state index contributed by atoms with van der Waals surface area (Å²) in [5.41, 5.74) is 7.79. The molecule has 0 aromatic heterocycles. The number of benzene rings is 1. The van der Waals surface area contributed by atoms with Crippen LogP contribution in [0.1, 0.15) is 22.8 Å². The van der Waals surface area contributed by atoms with E-state index in [1.165, 1.54) is 0 Å². The van der Waals surface area contributed by atoms with Crippen molar-refractivity contribution < 1.29 is 22.7 Å². The van der Waals surface area contributed by atoms with E-state index in [4.69, 9.17) is 16.2 Å². The van der Waals surface area contributed by atoms with Crippen LogP contribution in [-0.2, 0) is 10.3 Å². The van der Waals surface area contributed by atoms with Gasteiger partial charge in [0.15, 0.2) is 5.54 Å². The molecule has 1 heterocycles. The third-order valence-corrected chi connectivity index (χ3v) is 3.38. The Labute approximate surface area is 118 Å². The molecule has 4 N–H and O–H groups in total. The van der Waals surface area contributed by atoms with E-state index < -0.39 is 42.0 Å². The highest BCUT2D eigenvalue weighted by Crippen LogP contribution is 2.38. The first-order valence-electron chi connectivity index (χ1n) is 6.12. The Hall–Kier alpha value is -2.09. The van der Waals surface area contributed by atoms with E-state index in [1.54, 1.807) is 6.92 Å². The summed E-state index contributed by atoms with van der Waals surface area (Å²) in [6.07, 6.45) is -3.71. The minimum Gasteiger partial charge on any atom is -0.385 e. The maximum absolute atomic E-state index is 14.0. The minimum absolute atomic E-state index is 0.0983. The van der Waals surface area contributed by atoms with Crippen molar-refractivity contribution in [1.82, 2.24) is 0 Å². The summed E-state index contributed by atoms with van der Waals surface area (Å²) in [4.78, 5) is 14.9. The van der Waals surface area contributed by atoms with E-state index in [9.17, 15) is 18.0 Å². The Morgan fingerprint density at radius 2 is 2.19 bits per heavy atom. The molecule has 5 nitrogen and oxygen atoms in total. The number of amidine groups is 1. The van der Waals surface area contributed by atoms with Gasteiger partial charge in [0.1, 0.15) is 17.8 Å². The molecule has 1 aromatic rings. The second-order valence-corrected chi connectivity index (χ2v) is 4.77. The van der Waals surface area contributed by atoms with Crippen molar-refractivity contribution in [1.29, 1.82) is 0 Å². The Morgan fingerprint density at radius 3 is 2.71 bits per heavy atom. The second kappa shape index (κ2) is 5.36. The number of carbonyl (C=O) groups is 1. The lowest BCUT2D eigenvalue weighted by Gasteiger charge is -2.35. The maximum Gasteiger partial charge on any atom is 0.269 e. The van der Waals surface area contributed by atoms with Crippen LogP contribution < -0.4 is 11.5 Å². The van der Waals surface area contributed by atoms with Crippen LogP contribution >= 0.6 is 0 Å². The minimum atomic E-state index is -3.07. The number of ether oxygens (including phenoxy) is 1. The second-order valence-electron chi connectivity index (χ2n) is 4.77. The fraction of sp³-hybridized carbons (Fsp3) is 0.385. The predicted octanol–water partition coefficient (Wildman–Crippen LogP) is 1.16. The van der Waals surface area contributed by atoms with Crippen molar-refractivity contribution in [3.05, 3.63) is 35.1 Å². The lowest BCUT2D eigenvalue weighted by atomic mass is 9.88. The molecule has 0 radical (unpaired) electrons. The van der Waals surface area contributed by atoms with Gasteiger partial charge in [0, 0.05) is 11.1 Å². The van der Waals surface area contributed by atoms with Crippen molar-refractivity contribution in [2.24, 2.45) is 16.5 Å². The molecule has 1 aliphatic heterocycles. The monoisotopic (exact) mass is 301 g/mol. The molecule has 2 rings (SSSR count). The topological polar surface area (TPSA) is 90.7 Å². The Bertz CT molecular complexity index is 606. The Kier molecular flexibility index (Phi) is 3.91. The van der Waals surface area contributed by atoms with Crippen molar-refractivity contribution in [2.75, 3.05) is 6.61 Å². The highest BCUT2D eigenvalue weighted by molar-refractivity contribution is 5.93. The summed E-state index contributed by atoms with van der Waals surface area (Å²) in [5, 5.41) is 0. The average molecular weight is 301 g/mol. The summed E-state index contributed by atoms with van der Waals surface area (Å²) in [6.45, 7) is 0.996. The molecule has 0 bridgehead atoms. The van der Waals surface area contributed by atoms with Crippen LogP contribution in [-0.4, -0.2) is 30.9 Å². The summed E-state index contributed by atoms with van der Waals surface area (Å²) >= 11 is 0. The lowest BCUT2D eigenvalue weighted by molar-refractivity contribution is -0.0340. The Morgan fingerprint density at radius 1 is 1.52 bits per heavy atom. The van der Waals surface area contributed by atoms with E-state index in [1.807, 2.05) is 0 Å². The molecule has 0 spiro atoms. The fourth-order valence-electron chi connectivity index (χ4n) is 2.07. The molecule has 1 aliphatic rings. The number of halogens is 3. The van der Waals surface area contributed by atoms with Crippen LogP contribution in [0.2, 0.25) is 0 Å². The largest absolute Gasteiger partial charge is 0.385 e. The van der Waals surface area contributed by atoms with E-state index in [2.05, 4.69) is 4.99 Å². The van der Waals surface area contributed by atoms with E-state index in [0.717, 1.165) is 18.2 Å². The van der Waals surface area contributed by atoms with Crippen LogP contribution in [0.15, 0.2) is 23.2 Å². The fourth-order valence-corrected chi connectivity index (χ4v) is 2.07. The number of rotatable bonds is 3. The first kappa shape index (κ1) is 15.3. The standard InChI is InChI=1S/C13H14F3N3O2/c1-6-10(17)19-13(5-21-6,12(15)16)8-4-7(11(18)20)2-3-9(8)14/h2-4,6,12H,5H2,1H3,(H2,17,19)(H2,18,20)/t6-,13-/m1/s1. The van der Waals surface area contributed by atoms with Gasteiger partial charge in [-0.1, -0.05) is 0 Å². The summed E-state index contributed by atoms with van der Waals surface area (Å²) in [7, 11) is 0. The van der Waals surface area contributed by atoms with Crippen LogP contribution in [0.5, 0.6) is 0 Å². The van der Waals surface area contributed by atoms with Gasteiger partial charge in [0.2, 0.25) is 5.91 Å². The number of nitrogens with two attached hydrogens (primary N) is 2. The number of nitrogens with zero attached hydrogens (tertiary/aromatic N) is 1. The Balaban J connectivity index is 2.64. The average Bonchev–Trinajstić information content (AvgIpc) is 2.42. The van der Waals surface area contributed by atoms with Crippen LogP contribution in [0, 0.1) is 5.82 Å². The van der Waals surface area contributed by atoms with Crippen LogP contribution in [0.3, 0.4) is 0 Å². The number of primary amides is 1.